The molecule has 1 aromatic heterocycles. The monoisotopic (exact) mass is 292 g/mol. The van der Waals surface area contributed by atoms with Gasteiger partial charge in [0, 0.05) is 24.2 Å². The molecule has 0 unspecified atom stereocenters. The number of nitrogens with zero attached hydrogens (tertiary/aromatic N) is 3. The van der Waals surface area contributed by atoms with Gasteiger partial charge in [0.15, 0.2) is 5.82 Å². The third kappa shape index (κ3) is 4.01. The number of rotatable bonds is 6. The molecule has 2 rings (SSSR count). The van der Waals surface area contributed by atoms with Gasteiger partial charge in [0.2, 0.25) is 0 Å². The number of halogens is 1. The SMILES string of the molecule is CC(C)Cn1ncnc1COc1cc(F)ccc1[C@@H](C)N. The van der Waals surface area contributed by atoms with Crippen LogP contribution in [0.15, 0.2) is 24.5 Å². The van der Waals surface area contributed by atoms with E-state index in [0.717, 1.165) is 12.1 Å². The predicted octanol–water partition coefficient (Wildman–Crippen LogP) is 2.67. The summed E-state index contributed by atoms with van der Waals surface area (Å²) in [6.45, 7) is 7.04. The first-order valence-corrected chi connectivity index (χ1v) is 7.02. The van der Waals surface area contributed by atoms with E-state index in [-0.39, 0.29) is 18.5 Å². The number of hydrogen-bond acceptors (Lipinski definition) is 4. The lowest BCUT2D eigenvalue weighted by Crippen LogP contribution is -2.13. The molecular weight excluding hydrogens is 271 g/mol. The van der Waals surface area contributed by atoms with E-state index in [0.29, 0.717) is 17.5 Å². The molecule has 0 radical (unpaired) electrons. The Morgan fingerprint density at radius 1 is 1.33 bits per heavy atom. The second-order valence-corrected chi connectivity index (χ2v) is 5.51. The molecular formula is C15H21FN4O. The van der Waals surface area contributed by atoms with E-state index < -0.39 is 0 Å². The van der Waals surface area contributed by atoms with Crippen LogP contribution in [0.4, 0.5) is 4.39 Å². The topological polar surface area (TPSA) is 66.0 Å². The molecule has 5 nitrogen and oxygen atoms in total. The molecule has 0 bridgehead atoms. The first kappa shape index (κ1) is 15.4. The van der Waals surface area contributed by atoms with Gasteiger partial charge in [0.1, 0.15) is 24.5 Å². The Bertz CT molecular complexity index is 595. The molecule has 1 aromatic carbocycles. The van der Waals surface area contributed by atoms with Gasteiger partial charge in [-0.15, -0.1) is 0 Å². The van der Waals surface area contributed by atoms with Crippen LogP contribution < -0.4 is 10.5 Å². The van der Waals surface area contributed by atoms with Crippen molar-refractivity contribution in [3.05, 3.63) is 41.7 Å². The standard InChI is InChI=1S/C15H21FN4O/c1-10(2)7-20-15(18-9-19-20)8-21-14-6-12(16)4-5-13(14)11(3)17/h4-6,9-11H,7-8,17H2,1-3H3/t11-/m1/s1. The number of hydrogen-bond donors (Lipinski definition) is 1. The summed E-state index contributed by atoms with van der Waals surface area (Å²) in [6, 6.07) is 4.15. The summed E-state index contributed by atoms with van der Waals surface area (Å²) in [5, 5.41) is 4.17. The molecule has 0 saturated heterocycles. The fourth-order valence-corrected chi connectivity index (χ4v) is 2.05. The summed E-state index contributed by atoms with van der Waals surface area (Å²) in [5.41, 5.74) is 6.64. The van der Waals surface area contributed by atoms with Gasteiger partial charge in [-0.05, 0) is 18.9 Å². The van der Waals surface area contributed by atoms with E-state index in [1.165, 1.54) is 18.5 Å². The van der Waals surface area contributed by atoms with Crippen molar-refractivity contribution in [1.29, 1.82) is 0 Å². The third-order valence-corrected chi connectivity index (χ3v) is 3.06. The second kappa shape index (κ2) is 6.67. The molecule has 114 valence electrons. The Morgan fingerprint density at radius 3 is 2.76 bits per heavy atom. The van der Waals surface area contributed by atoms with Gasteiger partial charge in [-0.3, -0.25) is 0 Å². The number of aromatic nitrogens is 3. The van der Waals surface area contributed by atoms with Crippen LogP contribution in [0.1, 0.15) is 38.2 Å². The summed E-state index contributed by atoms with van der Waals surface area (Å²) >= 11 is 0. The fraction of sp³-hybridized carbons (Fsp3) is 0.467. The Morgan fingerprint density at radius 2 is 2.10 bits per heavy atom. The van der Waals surface area contributed by atoms with E-state index in [2.05, 4.69) is 23.9 Å². The zero-order valence-corrected chi connectivity index (χ0v) is 12.6. The lowest BCUT2D eigenvalue weighted by molar-refractivity contribution is 0.277. The predicted molar refractivity (Wildman–Crippen MR) is 78.2 cm³/mol. The van der Waals surface area contributed by atoms with Gasteiger partial charge < -0.3 is 10.5 Å². The minimum atomic E-state index is -0.349. The molecule has 6 heteroatoms. The van der Waals surface area contributed by atoms with Gasteiger partial charge in [0.25, 0.3) is 0 Å². The van der Waals surface area contributed by atoms with E-state index in [9.17, 15) is 4.39 Å². The quantitative estimate of drug-likeness (QED) is 0.889. The summed E-state index contributed by atoms with van der Waals surface area (Å²) in [7, 11) is 0. The summed E-state index contributed by atoms with van der Waals surface area (Å²) in [4.78, 5) is 4.18. The van der Waals surface area contributed by atoms with Crippen LogP contribution in [0.25, 0.3) is 0 Å². The summed E-state index contributed by atoms with van der Waals surface area (Å²) in [6.07, 6.45) is 1.50. The van der Waals surface area contributed by atoms with Crippen molar-refractivity contribution < 1.29 is 9.13 Å². The van der Waals surface area contributed by atoms with Crippen molar-refractivity contribution in [2.45, 2.75) is 40.0 Å². The van der Waals surface area contributed by atoms with Crippen molar-refractivity contribution >= 4 is 0 Å². The molecule has 1 heterocycles. The molecule has 0 spiro atoms. The molecule has 0 fully saturated rings. The maximum Gasteiger partial charge on any atom is 0.164 e. The average Bonchev–Trinajstić information content (AvgIpc) is 2.82. The van der Waals surface area contributed by atoms with Gasteiger partial charge >= 0.3 is 0 Å². The van der Waals surface area contributed by atoms with Gasteiger partial charge in [-0.25, -0.2) is 14.1 Å². The zero-order chi connectivity index (χ0) is 15.4. The first-order valence-electron chi connectivity index (χ1n) is 7.02. The number of benzene rings is 1. The molecule has 2 aromatic rings. The van der Waals surface area contributed by atoms with Crippen molar-refractivity contribution in [2.75, 3.05) is 0 Å². The highest BCUT2D eigenvalue weighted by molar-refractivity contribution is 5.36. The Labute approximate surface area is 123 Å². The number of nitrogens with two attached hydrogens (primary N) is 1. The van der Waals surface area contributed by atoms with Crippen molar-refractivity contribution in [3.63, 3.8) is 0 Å². The first-order chi connectivity index (χ1) is 9.97. The minimum Gasteiger partial charge on any atom is -0.485 e. The minimum absolute atomic E-state index is 0.228. The Hall–Kier alpha value is -1.95. The van der Waals surface area contributed by atoms with Gasteiger partial charge in [-0.1, -0.05) is 19.9 Å². The Kier molecular flexibility index (Phi) is 4.90. The molecule has 2 N–H and O–H groups in total. The second-order valence-electron chi connectivity index (χ2n) is 5.51. The van der Waals surface area contributed by atoms with Crippen LogP contribution >= 0.6 is 0 Å². The molecule has 21 heavy (non-hydrogen) atoms. The molecule has 0 aliphatic heterocycles. The normalized spacial score (nSPS) is 12.7. The van der Waals surface area contributed by atoms with Crippen LogP contribution in [0.3, 0.4) is 0 Å². The highest BCUT2D eigenvalue weighted by atomic mass is 19.1. The third-order valence-electron chi connectivity index (χ3n) is 3.06. The highest BCUT2D eigenvalue weighted by Crippen LogP contribution is 2.25. The lowest BCUT2D eigenvalue weighted by atomic mass is 10.1. The molecule has 0 amide bonds. The van der Waals surface area contributed by atoms with Crippen molar-refractivity contribution in [2.24, 2.45) is 11.7 Å². The summed E-state index contributed by atoms with van der Waals surface area (Å²) in [5.74, 6) is 1.27. The molecule has 0 aliphatic rings. The molecule has 0 saturated carbocycles. The maximum absolute atomic E-state index is 13.4. The smallest absolute Gasteiger partial charge is 0.164 e. The number of ether oxygens (including phenoxy) is 1. The Balaban J connectivity index is 2.13. The zero-order valence-electron chi connectivity index (χ0n) is 12.6. The molecule has 1 atom stereocenters. The van der Waals surface area contributed by atoms with Crippen LogP contribution in [-0.4, -0.2) is 14.8 Å². The van der Waals surface area contributed by atoms with Crippen molar-refractivity contribution in [3.8, 4) is 5.75 Å². The largest absolute Gasteiger partial charge is 0.485 e. The van der Waals surface area contributed by atoms with E-state index in [4.69, 9.17) is 10.5 Å². The van der Waals surface area contributed by atoms with Crippen LogP contribution in [0.2, 0.25) is 0 Å². The van der Waals surface area contributed by atoms with E-state index >= 15 is 0 Å². The lowest BCUT2D eigenvalue weighted by Gasteiger charge is -2.14. The fourth-order valence-electron chi connectivity index (χ4n) is 2.05. The van der Waals surface area contributed by atoms with E-state index in [1.54, 1.807) is 10.7 Å². The average molecular weight is 292 g/mol. The van der Waals surface area contributed by atoms with Gasteiger partial charge in [-0.2, -0.15) is 5.10 Å². The van der Waals surface area contributed by atoms with Crippen LogP contribution in [0, 0.1) is 11.7 Å². The van der Waals surface area contributed by atoms with Crippen molar-refractivity contribution in [1.82, 2.24) is 14.8 Å². The highest BCUT2D eigenvalue weighted by Gasteiger charge is 2.12. The van der Waals surface area contributed by atoms with E-state index in [1.807, 2.05) is 6.92 Å². The summed E-state index contributed by atoms with van der Waals surface area (Å²) < 4.78 is 20.9. The van der Waals surface area contributed by atoms with Gasteiger partial charge in [0.05, 0.1) is 0 Å². The maximum atomic E-state index is 13.4. The van der Waals surface area contributed by atoms with Crippen LogP contribution in [0.5, 0.6) is 5.75 Å². The molecule has 0 aliphatic carbocycles. The van der Waals surface area contributed by atoms with Crippen LogP contribution in [-0.2, 0) is 13.2 Å².